The van der Waals surface area contributed by atoms with Crippen LogP contribution in [0.3, 0.4) is 0 Å². The minimum atomic E-state index is 1.13. The first kappa shape index (κ1) is 16.0. The van der Waals surface area contributed by atoms with Gasteiger partial charge in [0.15, 0.2) is 0 Å². The molecule has 0 bridgehead atoms. The Bertz CT molecular complexity index is 572. The smallest absolute Gasteiger partial charge is 0.0238 e. The fourth-order valence-electron chi connectivity index (χ4n) is 2.29. The van der Waals surface area contributed by atoms with Crippen LogP contribution in [0.5, 0.6) is 0 Å². The molecular formula is C22H24. The SMILES string of the molecule is CCc1ccccc1.c1ccc(CCc2ccccc2)cc1. The summed E-state index contributed by atoms with van der Waals surface area (Å²) in [5.74, 6) is 0. The molecule has 0 N–H and O–H groups in total. The second-order valence-corrected chi connectivity index (χ2v) is 5.31. The maximum absolute atomic E-state index is 2.18. The predicted octanol–water partition coefficient (Wildman–Crippen LogP) is 5.72. The molecule has 0 amide bonds. The van der Waals surface area contributed by atoms with E-state index >= 15 is 0 Å². The average Bonchev–Trinajstić information content (AvgIpc) is 2.63. The zero-order chi connectivity index (χ0) is 15.5. The van der Waals surface area contributed by atoms with Gasteiger partial charge in [-0.3, -0.25) is 0 Å². The molecule has 0 aliphatic heterocycles. The third kappa shape index (κ3) is 5.97. The van der Waals surface area contributed by atoms with Crippen LogP contribution in [0.2, 0.25) is 0 Å². The fourth-order valence-corrected chi connectivity index (χ4v) is 2.29. The summed E-state index contributed by atoms with van der Waals surface area (Å²) in [5, 5.41) is 0. The molecule has 3 aromatic carbocycles. The number of hydrogen-bond acceptors (Lipinski definition) is 0. The van der Waals surface area contributed by atoms with Gasteiger partial charge in [-0.1, -0.05) is 97.9 Å². The van der Waals surface area contributed by atoms with Crippen molar-refractivity contribution in [1.29, 1.82) is 0 Å². The monoisotopic (exact) mass is 288 g/mol. The molecule has 0 heterocycles. The van der Waals surface area contributed by atoms with Gasteiger partial charge in [0.2, 0.25) is 0 Å². The van der Waals surface area contributed by atoms with Crippen LogP contribution >= 0.6 is 0 Å². The van der Waals surface area contributed by atoms with Crippen LogP contribution in [-0.2, 0) is 19.3 Å². The lowest BCUT2D eigenvalue weighted by Crippen LogP contribution is -1.89. The molecule has 0 aliphatic carbocycles. The molecule has 0 fully saturated rings. The van der Waals surface area contributed by atoms with E-state index in [4.69, 9.17) is 0 Å². The van der Waals surface area contributed by atoms with Crippen LogP contribution in [0.25, 0.3) is 0 Å². The molecule has 0 unspecified atom stereocenters. The van der Waals surface area contributed by atoms with E-state index < -0.39 is 0 Å². The number of rotatable bonds is 4. The first-order valence-electron chi connectivity index (χ1n) is 8.00. The second-order valence-electron chi connectivity index (χ2n) is 5.31. The Morgan fingerprint density at radius 1 is 0.455 bits per heavy atom. The van der Waals surface area contributed by atoms with Crippen molar-refractivity contribution in [3.63, 3.8) is 0 Å². The van der Waals surface area contributed by atoms with Crippen molar-refractivity contribution in [1.82, 2.24) is 0 Å². The van der Waals surface area contributed by atoms with Crippen molar-refractivity contribution in [3.05, 3.63) is 108 Å². The van der Waals surface area contributed by atoms with Gasteiger partial charge < -0.3 is 0 Å². The van der Waals surface area contributed by atoms with Crippen molar-refractivity contribution >= 4 is 0 Å². The lowest BCUT2D eigenvalue weighted by molar-refractivity contribution is 0.960. The molecule has 0 heteroatoms. The zero-order valence-corrected chi connectivity index (χ0v) is 13.3. The highest BCUT2D eigenvalue weighted by Crippen LogP contribution is 2.06. The molecule has 3 rings (SSSR count). The second kappa shape index (κ2) is 9.57. The first-order valence-corrected chi connectivity index (χ1v) is 8.00. The van der Waals surface area contributed by atoms with Crippen LogP contribution in [0.1, 0.15) is 23.6 Å². The molecule has 22 heavy (non-hydrogen) atoms. The Morgan fingerprint density at radius 2 is 0.773 bits per heavy atom. The molecule has 0 aromatic heterocycles. The van der Waals surface area contributed by atoms with Gasteiger partial charge >= 0.3 is 0 Å². The highest BCUT2D eigenvalue weighted by atomic mass is 14.0. The van der Waals surface area contributed by atoms with Gasteiger partial charge in [0, 0.05) is 0 Å². The Hall–Kier alpha value is -2.34. The van der Waals surface area contributed by atoms with E-state index in [9.17, 15) is 0 Å². The maximum Gasteiger partial charge on any atom is -0.0238 e. The highest BCUT2D eigenvalue weighted by molar-refractivity contribution is 5.19. The van der Waals surface area contributed by atoms with Gasteiger partial charge in [0.25, 0.3) is 0 Å². The van der Waals surface area contributed by atoms with Crippen LogP contribution < -0.4 is 0 Å². The molecule has 0 spiro atoms. The topological polar surface area (TPSA) is 0 Å². The number of aryl methyl sites for hydroxylation is 3. The predicted molar refractivity (Wildman–Crippen MR) is 96.1 cm³/mol. The van der Waals surface area contributed by atoms with Gasteiger partial charge in [-0.05, 0) is 36.0 Å². The van der Waals surface area contributed by atoms with E-state index in [1.165, 1.54) is 16.7 Å². The molecule has 0 atom stereocenters. The molecule has 112 valence electrons. The summed E-state index contributed by atoms with van der Waals surface area (Å²) in [6.07, 6.45) is 3.40. The van der Waals surface area contributed by atoms with Crippen molar-refractivity contribution in [3.8, 4) is 0 Å². The van der Waals surface area contributed by atoms with Crippen molar-refractivity contribution in [2.75, 3.05) is 0 Å². The molecule has 0 saturated carbocycles. The van der Waals surface area contributed by atoms with Crippen molar-refractivity contribution in [2.24, 2.45) is 0 Å². The standard InChI is InChI=1S/C14H14.C8H10/c1-3-7-13(8-4-1)11-12-14-9-5-2-6-10-14;1-2-8-6-4-3-5-7-8/h1-10H,11-12H2;3-7H,2H2,1H3. The van der Waals surface area contributed by atoms with Crippen LogP contribution in [0.15, 0.2) is 91.0 Å². The Morgan fingerprint density at radius 3 is 1.05 bits per heavy atom. The Kier molecular flexibility index (Phi) is 6.98. The van der Waals surface area contributed by atoms with Gasteiger partial charge in [0.05, 0.1) is 0 Å². The molecule has 0 radical (unpaired) electrons. The third-order valence-electron chi connectivity index (χ3n) is 3.64. The maximum atomic E-state index is 2.18. The molecular weight excluding hydrogens is 264 g/mol. The van der Waals surface area contributed by atoms with Crippen LogP contribution in [-0.4, -0.2) is 0 Å². The molecule has 0 aliphatic rings. The minimum Gasteiger partial charge on any atom is -0.0622 e. The van der Waals surface area contributed by atoms with E-state index in [0.29, 0.717) is 0 Å². The summed E-state index contributed by atoms with van der Waals surface area (Å²) in [6.45, 7) is 2.16. The summed E-state index contributed by atoms with van der Waals surface area (Å²) in [7, 11) is 0. The van der Waals surface area contributed by atoms with E-state index in [2.05, 4.69) is 91.9 Å². The summed E-state index contributed by atoms with van der Waals surface area (Å²) >= 11 is 0. The Balaban J connectivity index is 0.000000188. The molecule has 0 saturated heterocycles. The normalized spacial score (nSPS) is 9.68. The quantitative estimate of drug-likeness (QED) is 0.576. The van der Waals surface area contributed by atoms with Gasteiger partial charge in [-0.2, -0.15) is 0 Å². The van der Waals surface area contributed by atoms with Gasteiger partial charge in [-0.15, -0.1) is 0 Å². The lowest BCUT2D eigenvalue weighted by Gasteiger charge is -2.01. The molecule has 0 nitrogen and oxygen atoms in total. The van der Waals surface area contributed by atoms with E-state index in [1.54, 1.807) is 0 Å². The van der Waals surface area contributed by atoms with Crippen molar-refractivity contribution in [2.45, 2.75) is 26.2 Å². The summed E-state index contributed by atoms with van der Waals surface area (Å²) in [6, 6.07) is 31.7. The summed E-state index contributed by atoms with van der Waals surface area (Å²) in [4.78, 5) is 0. The fraction of sp³-hybridized carbons (Fsp3) is 0.182. The third-order valence-corrected chi connectivity index (χ3v) is 3.64. The molecule has 3 aromatic rings. The zero-order valence-electron chi connectivity index (χ0n) is 13.3. The Labute approximate surface area is 134 Å². The van der Waals surface area contributed by atoms with E-state index in [1.807, 2.05) is 6.07 Å². The number of benzene rings is 3. The summed E-state index contributed by atoms with van der Waals surface area (Å²) < 4.78 is 0. The van der Waals surface area contributed by atoms with Crippen molar-refractivity contribution < 1.29 is 0 Å². The highest BCUT2D eigenvalue weighted by Gasteiger charge is 1.93. The number of hydrogen-bond donors (Lipinski definition) is 0. The largest absolute Gasteiger partial charge is 0.0622 e. The average molecular weight is 288 g/mol. The van der Waals surface area contributed by atoms with Crippen LogP contribution in [0.4, 0.5) is 0 Å². The first-order chi connectivity index (χ1) is 10.9. The van der Waals surface area contributed by atoms with Gasteiger partial charge in [-0.25, -0.2) is 0 Å². The van der Waals surface area contributed by atoms with Gasteiger partial charge in [0.1, 0.15) is 0 Å². The van der Waals surface area contributed by atoms with E-state index in [0.717, 1.165) is 19.3 Å². The summed E-state index contributed by atoms with van der Waals surface area (Å²) in [5.41, 5.74) is 4.24. The van der Waals surface area contributed by atoms with E-state index in [-0.39, 0.29) is 0 Å². The lowest BCUT2D eigenvalue weighted by atomic mass is 10.0. The van der Waals surface area contributed by atoms with Crippen LogP contribution in [0, 0.1) is 0 Å². The minimum absolute atomic E-state index is 1.13.